The van der Waals surface area contributed by atoms with Gasteiger partial charge in [0.15, 0.2) is 17.3 Å². The molecular formula is C42H35F2N7O3. The number of halogens is 2. The number of ether oxygens (including phenoxy) is 2. The average molecular weight is 724 g/mol. The van der Waals surface area contributed by atoms with Crippen LogP contribution in [-0.2, 0) is 13.1 Å². The smallest absolute Gasteiger partial charge is 0.199 e. The van der Waals surface area contributed by atoms with Crippen LogP contribution in [0, 0.1) is 36.8 Å². The van der Waals surface area contributed by atoms with Crippen molar-refractivity contribution in [1.82, 2.24) is 24.6 Å². The van der Waals surface area contributed by atoms with E-state index >= 15 is 8.78 Å². The van der Waals surface area contributed by atoms with E-state index in [4.69, 9.17) is 24.5 Å². The summed E-state index contributed by atoms with van der Waals surface area (Å²) in [7, 11) is 3.21. The van der Waals surface area contributed by atoms with E-state index in [-0.39, 0.29) is 11.5 Å². The molecule has 7 rings (SSSR count). The van der Waals surface area contributed by atoms with Crippen molar-refractivity contribution in [2.45, 2.75) is 33.0 Å². The molecule has 54 heavy (non-hydrogen) atoms. The summed E-state index contributed by atoms with van der Waals surface area (Å²) in [5.74, 6) is -0.341. The first-order chi connectivity index (χ1) is 26.1. The Morgan fingerprint density at radius 3 is 1.89 bits per heavy atom. The molecule has 0 bridgehead atoms. The van der Waals surface area contributed by atoms with Crippen LogP contribution in [0.4, 0.5) is 14.6 Å². The predicted octanol–water partition coefficient (Wildman–Crippen LogP) is 7.93. The van der Waals surface area contributed by atoms with Crippen LogP contribution in [0.5, 0.6) is 11.5 Å². The molecule has 0 saturated heterocycles. The molecule has 4 aromatic carbocycles. The number of pyridine rings is 1. The number of rotatable bonds is 11. The number of nitrogens with zero attached hydrogens (tertiary/aromatic N) is 7. The predicted molar refractivity (Wildman–Crippen MR) is 200 cm³/mol. The van der Waals surface area contributed by atoms with Crippen molar-refractivity contribution >= 4 is 11.5 Å². The lowest BCUT2D eigenvalue weighted by molar-refractivity contribution is 0.199. The first-order valence-corrected chi connectivity index (χ1v) is 17.1. The van der Waals surface area contributed by atoms with Gasteiger partial charge in [-0.15, -0.1) is 5.10 Å². The van der Waals surface area contributed by atoms with E-state index in [0.29, 0.717) is 58.5 Å². The number of fused-ring (bicyclic) bond motifs is 1. The molecule has 0 aliphatic rings. The fraction of sp³-hybridized carbons (Fsp3) is 0.167. The minimum atomic E-state index is -1.85. The minimum Gasteiger partial charge on any atom is -0.497 e. The molecule has 1 atom stereocenters. The zero-order valence-electron chi connectivity index (χ0n) is 30.0. The number of hydrogen-bond acceptors (Lipinski definition) is 9. The Bertz CT molecular complexity index is 2430. The first kappa shape index (κ1) is 35.7. The zero-order valence-corrected chi connectivity index (χ0v) is 30.0. The van der Waals surface area contributed by atoms with Gasteiger partial charge < -0.3 is 19.5 Å². The Hall–Kier alpha value is -6.71. The van der Waals surface area contributed by atoms with Crippen LogP contribution in [0.3, 0.4) is 0 Å². The lowest BCUT2D eigenvalue weighted by atomic mass is 10.0. The second-order valence-corrected chi connectivity index (χ2v) is 12.8. The summed E-state index contributed by atoms with van der Waals surface area (Å²) in [4.78, 5) is 16.7. The summed E-state index contributed by atoms with van der Waals surface area (Å²) < 4.78 is 42.6. The van der Waals surface area contributed by atoms with E-state index in [2.05, 4.69) is 11.1 Å². The largest absolute Gasteiger partial charge is 0.497 e. The minimum absolute atomic E-state index is 0.227. The van der Waals surface area contributed by atoms with Crippen LogP contribution in [0.1, 0.15) is 45.6 Å². The maximum Gasteiger partial charge on any atom is 0.199 e. The Morgan fingerprint density at radius 1 is 0.759 bits per heavy atom. The van der Waals surface area contributed by atoms with Gasteiger partial charge >= 0.3 is 0 Å². The number of aromatic nitrogens is 5. The molecule has 0 radical (unpaired) electrons. The number of benzene rings is 4. The molecule has 0 spiro atoms. The highest BCUT2D eigenvalue weighted by Crippen LogP contribution is 2.38. The molecule has 3 aromatic heterocycles. The molecule has 0 amide bonds. The summed E-state index contributed by atoms with van der Waals surface area (Å²) >= 11 is 0. The summed E-state index contributed by atoms with van der Waals surface area (Å²) in [6, 6.07) is 31.7. The molecule has 7 aromatic rings. The van der Waals surface area contributed by atoms with E-state index in [1.807, 2.05) is 85.5 Å². The van der Waals surface area contributed by atoms with Gasteiger partial charge in [-0.25, -0.2) is 23.3 Å². The number of hydrogen-bond donors (Lipinski definition) is 1. The SMILES string of the molecule is COc1ccc(CN(Cc2ccc(OC)cc2)c2nc(-c3cccc(C#N)c3)c(-c3cc(C)nc(C)c3)n3nc(C(O)c4c(F)cccc4F)nc23)cc1. The number of aliphatic hydroxyl groups excluding tert-OH is 1. The van der Waals surface area contributed by atoms with Gasteiger partial charge in [-0.2, -0.15) is 5.26 Å². The molecule has 270 valence electrons. The van der Waals surface area contributed by atoms with Crippen molar-refractivity contribution in [3.63, 3.8) is 0 Å². The van der Waals surface area contributed by atoms with Crippen molar-refractivity contribution < 1.29 is 23.4 Å². The second-order valence-electron chi connectivity index (χ2n) is 12.8. The van der Waals surface area contributed by atoms with E-state index in [1.54, 1.807) is 36.9 Å². The topological polar surface area (TPSA) is 122 Å². The van der Waals surface area contributed by atoms with Crippen LogP contribution in [0.25, 0.3) is 28.2 Å². The summed E-state index contributed by atoms with van der Waals surface area (Å²) in [6.07, 6.45) is -1.85. The van der Waals surface area contributed by atoms with Gasteiger partial charge in [0, 0.05) is 35.6 Å². The Balaban J connectivity index is 1.54. The molecule has 1 unspecified atom stereocenters. The molecule has 12 heteroatoms. The van der Waals surface area contributed by atoms with Crippen molar-refractivity contribution in [3.05, 3.63) is 154 Å². The lowest BCUT2D eigenvalue weighted by Crippen LogP contribution is -2.25. The van der Waals surface area contributed by atoms with Gasteiger partial charge in [-0.3, -0.25) is 4.98 Å². The van der Waals surface area contributed by atoms with Crippen LogP contribution < -0.4 is 14.4 Å². The highest BCUT2D eigenvalue weighted by molar-refractivity contribution is 5.84. The molecule has 3 heterocycles. The van der Waals surface area contributed by atoms with E-state index in [1.165, 1.54) is 6.07 Å². The Morgan fingerprint density at radius 2 is 1.33 bits per heavy atom. The average Bonchev–Trinajstić information content (AvgIpc) is 3.62. The van der Waals surface area contributed by atoms with Gasteiger partial charge in [0.25, 0.3) is 0 Å². The van der Waals surface area contributed by atoms with E-state index in [9.17, 15) is 10.4 Å². The molecular weight excluding hydrogens is 689 g/mol. The van der Waals surface area contributed by atoms with Gasteiger partial charge in [0.1, 0.15) is 34.9 Å². The quantitative estimate of drug-likeness (QED) is 0.142. The first-order valence-electron chi connectivity index (χ1n) is 17.1. The van der Waals surface area contributed by atoms with Crippen molar-refractivity contribution in [2.75, 3.05) is 19.1 Å². The number of nitriles is 1. The number of aryl methyl sites for hydroxylation is 2. The number of methoxy groups -OCH3 is 2. The van der Waals surface area contributed by atoms with Crippen molar-refractivity contribution in [1.29, 1.82) is 5.26 Å². The fourth-order valence-corrected chi connectivity index (χ4v) is 6.44. The molecule has 1 N–H and O–H groups in total. The summed E-state index contributed by atoms with van der Waals surface area (Å²) in [5.41, 5.74) is 5.62. The van der Waals surface area contributed by atoms with Gasteiger partial charge in [0.2, 0.25) is 0 Å². The third-order valence-electron chi connectivity index (χ3n) is 8.98. The van der Waals surface area contributed by atoms with E-state index in [0.717, 1.165) is 34.6 Å². The maximum atomic E-state index is 15.1. The van der Waals surface area contributed by atoms with Crippen LogP contribution in [0.2, 0.25) is 0 Å². The molecule has 0 saturated carbocycles. The third-order valence-corrected chi connectivity index (χ3v) is 8.98. The van der Waals surface area contributed by atoms with Gasteiger partial charge in [-0.05, 0) is 85.6 Å². The Kier molecular flexibility index (Phi) is 9.98. The van der Waals surface area contributed by atoms with Crippen molar-refractivity contribution in [2.24, 2.45) is 0 Å². The molecule has 0 aliphatic heterocycles. The van der Waals surface area contributed by atoms with Crippen LogP contribution >= 0.6 is 0 Å². The number of anilines is 1. The van der Waals surface area contributed by atoms with Crippen LogP contribution in [0.15, 0.2) is 103 Å². The normalized spacial score (nSPS) is 11.7. The highest BCUT2D eigenvalue weighted by Gasteiger charge is 2.29. The summed E-state index contributed by atoms with van der Waals surface area (Å²) in [6.45, 7) is 4.43. The summed E-state index contributed by atoms with van der Waals surface area (Å²) in [5, 5.41) is 26.2. The Labute approximate surface area is 310 Å². The van der Waals surface area contributed by atoms with Gasteiger partial charge in [0.05, 0.1) is 37.1 Å². The molecule has 0 fully saturated rings. The van der Waals surface area contributed by atoms with E-state index < -0.39 is 23.3 Å². The molecule has 10 nitrogen and oxygen atoms in total. The maximum absolute atomic E-state index is 15.1. The zero-order chi connectivity index (χ0) is 37.9. The second kappa shape index (κ2) is 15.1. The highest BCUT2D eigenvalue weighted by atomic mass is 19.1. The van der Waals surface area contributed by atoms with Crippen LogP contribution in [-0.4, -0.2) is 43.9 Å². The lowest BCUT2D eigenvalue weighted by Gasteiger charge is -2.26. The number of aliphatic hydroxyl groups is 1. The fourth-order valence-electron chi connectivity index (χ4n) is 6.44. The monoisotopic (exact) mass is 723 g/mol. The standard InChI is InChI=1S/C42H35F2N7O3/c1-25-19-31(20-26(2)46-25)38-37(30-8-5-7-29(21-30)22-45)47-41(42-48-40(49-51(38)42)39(52)36-34(43)9-6-10-35(36)44)50(23-27-11-15-32(53-3)16-12-27)24-28-13-17-33(54-4)18-14-28/h5-21,39,52H,23-24H2,1-4H3. The third kappa shape index (κ3) is 7.17. The van der Waals surface area contributed by atoms with Crippen molar-refractivity contribution in [3.8, 4) is 40.1 Å². The van der Waals surface area contributed by atoms with Gasteiger partial charge in [-0.1, -0.05) is 42.5 Å². The molecule has 0 aliphatic carbocycles.